The maximum atomic E-state index is 11.4. The molecule has 0 unspecified atom stereocenters. The zero-order valence-electron chi connectivity index (χ0n) is 4.85. The number of hydrogen-bond acceptors (Lipinski definition) is 3. The summed E-state index contributed by atoms with van der Waals surface area (Å²) in [7, 11) is -5.38. The molecule has 0 spiro atoms. The molecule has 0 amide bonds. The molecule has 0 aromatic heterocycles. The Bertz CT molecular complexity index is 253. The van der Waals surface area contributed by atoms with Crippen molar-refractivity contribution in [2.45, 2.75) is 5.51 Å². The third-order valence-electron chi connectivity index (χ3n) is 0.656. The van der Waals surface area contributed by atoms with Crippen molar-refractivity contribution in [2.75, 3.05) is 5.75 Å². The first-order chi connectivity index (χ1) is 4.67. The number of halogens is 4. The minimum Gasteiger partial charge on any atom is -0.280 e. The van der Waals surface area contributed by atoms with Gasteiger partial charge in [0.1, 0.15) is 5.75 Å². The molecule has 3 nitrogen and oxygen atoms in total. The Kier molecular flexibility index (Phi) is 2.90. The molecular weight excluding hydrogens is 209 g/mol. The first-order valence-corrected chi connectivity index (χ1v) is 4.17. The van der Waals surface area contributed by atoms with E-state index in [1.165, 1.54) is 0 Å². The molecular formula is C3H2ClF3O3S. The van der Waals surface area contributed by atoms with Crippen LogP contribution >= 0.6 is 11.6 Å². The first-order valence-electron chi connectivity index (χ1n) is 2.14. The van der Waals surface area contributed by atoms with Gasteiger partial charge < -0.3 is 0 Å². The van der Waals surface area contributed by atoms with Crippen LogP contribution in [0.4, 0.5) is 13.2 Å². The minimum absolute atomic E-state index is 1.55. The number of hydrogen-bond donors (Lipinski definition) is 0. The molecule has 0 aliphatic heterocycles. The lowest BCUT2D eigenvalue weighted by Gasteiger charge is -2.03. The van der Waals surface area contributed by atoms with E-state index in [4.69, 9.17) is 0 Å². The van der Waals surface area contributed by atoms with Crippen LogP contribution in [-0.2, 0) is 14.6 Å². The molecule has 0 saturated heterocycles. The lowest BCUT2D eigenvalue weighted by Crippen LogP contribution is -2.28. The molecule has 0 saturated carbocycles. The zero-order chi connectivity index (χ0) is 9.28. The smallest absolute Gasteiger partial charge is 0.280 e. The highest BCUT2D eigenvalue weighted by Gasteiger charge is 2.46. The fourth-order valence-electron chi connectivity index (χ4n) is 0.231. The Balaban J connectivity index is 4.64. The van der Waals surface area contributed by atoms with Crippen LogP contribution in [-0.4, -0.2) is 24.9 Å². The fourth-order valence-corrected chi connectivity index (χ4v) is 1.12. The summed E-state index contributed by atoms with van der Waals surface area (Å²) in [6.45, 7) is 0. The van der Waals surface area contributed by atoms with E-state index in [0.29, 0.717) is 0 Å². The largest absolute Gasteiger partial charge is 0.497 e. The fraction of sp³-hybridized carbons (Fsp3) is 0.667. The molecule has 0 aromatic rings. The summed E-state index contributed by atoms with van der Waals surface area (Å²) in [6.07, 6.45) is 0. The van der Waals surface area contributed by atoms with Gasteiger partial charge in [0.15, 0.2) is 0 Å². The molecule has 0 rings (SSSR count). The number of carbonyl (C=O) groups is 1. The number of sulfone groups is 1. The van der Waals surface area contributed by atoms with E-state index in [1.54, 1.807) is 0 Å². The highest BCUT2D eigenvalue weighted by Crippen LogP contribution is 2.23. The SMILES string of the molecule is O=C(Cl)CS(=O)(=O)C(F)(F)F. The van der Waals surface area contributed by atoms with Crippen molar-refractivity contribution < 1.29 is 26.4 Å². The van der Waals surface area contributed by atoms with Crippen molar-refractivity contribution in [1.29, 1.82) is 0 Å². The third kappa shape index (κ3) is 3.06. The average molecular weight is 211 g/mol. The maximum absolute atomic E-state index is 11.4. The summed E-state index contributed by atoms with van der Waals surface area (Å²) in [5.74, 6) is -1.71. The summed E-state index contributed by atoms with van der Waals surface area (Å²) < 4.78 is 54.2. The lowest BCUT2D eigenvalue weighted by molar-refractivity contribution is -0.110. The molecule has 0 aliphatic rings. The van der Waals surface area contributed by atoms with Gasteiger partial charge in [-0.25, -0.2) is 8.42 Å². The highest BCUT2D eigenvalue weighted by molar-refractivity contribution is 7.93. The van der Waals surface area contributed by atoms with E-state index in [9.17, 15) is 26.4 Å². The summed E-state index contributed by atoms with van der Waals surface area (Å²) in [5, 5.41) is -1.55. The second kappa shape index (κ2) is 2.98. The molecule has 0 atom stereocenters. The van der Waals surface area contributed by atoms with Gasteiger partial charge in [0.25, 0.3) is 9.84 Å². The molecule has 0 heterocycles. The van der Waals surface area contributed by atoms with Gasteiger partial charge in [0.05, 0.1) is 0 Å². The Morgan fingerprint density at radius 3 is 1.82 bits per heavy atom. The third-order valence-corrected chi connectivity index (χ3v) is 2.30. The van der Waals surface area contributed by atoms with Crippen molar-refractivity contribution in [3.05, 3.63) is 0 Å². The van der Waals surface area contributed by atoms with Gasteiger partial charge >= 0.3 is 5.51 Å². The minimum atomic E-state index is -5.41. The number of rotatable bonds is 2. The van der Waals surface area contributed by atoms with Crippen LogP contribution in [0.1, 0.15) is 0 Å². The van der Waals surface area contributed by atoms with Gasteiger partial charge in [-0.3, -0.25) is 4.79 Å². The van der Waals surface area contributed by atoms with Crippen molar-refractivity contribution in [3.8, 4) is 0 Å². The summed E-state index contributed by atoms with van der Waals surface area (Å²) >= 11 is 4.45. The van der Waals surface area contributed by atoms with Crippen LogP contribution in [0.5, 0.6) is 0 Å². The van der Waals surface area contributed by atoms with Crippen LogP contribution in [0.25, 0.3) is 0 Å². The van der Waals surface area contributed by atoms with E-state index in [1.807, 2.05) is 0 Å². The van der Waals surface area contributed by atoms with Crippen LogP contribution < -0.4 is 0 Å². The van der Waals surface area contributed by atoms with Gasteiger partial charge in [-0.1, -0.05) is 0 Å². The Morgan fingerprint density at radius 1 is 1.36 bits per heavy atom. The van der Waals surface area contributed by atoms with Gasteiger partial charge in [-0.2, -0.15) is 13.2 Å². The van der Waals surface area contributed by atoms with Crippen LogP contribution in [0, 0.1) is 0 Å². The molecule has 0 aromatic carbocycles. The number of alkyl halides is 3. The Morgan fingerprint density at radius 2 is 1.73 bits per heavy atom. The summed E-state index contributed by atoms with van der Waals surface area (Å²) in [5.41, 5.74) is -5.41. The van der Waals surface area contributed by atoms with Crippen LogP contribution in [0.3, 0.4) is 0 Å². The van der Waals surface area contributed by atoms with E-state index in [0.717, 1.165) is 0 Å². The average Bonchev–Trinajstić information content (AvgIpc) is 1.56. The van der Waals surface area contributed by atoms with E-state index >= 15 is 0 Å². The predicted octanol–water partition coefficient (Wildman–Crippen LogP) is 0.686. The Hall–Kier alpha value is -0.300. The topological polar surface area (TPSA) is 51.2 Å². The first kappa shape index (κ1) is 10.7. The van der Waals surface area contributed by atoms with E-state index in [2.05, 4.69) is 11.6 Å². The number of carbonyl (C=O) groups excluding carboxylic acids is 1. The Labute approximate surface area is 65.1 Å². The van der Waals surface area contributed by atoms with Crippen molar-refractivity contribution in [3.63, 3.8) is 0 Å². The quantitative estimate of drug-likeness (QED) is 0.630. The van der Waals surface area contributed by atoms with Crippen LogP contribution in [0.15, 0.2) is 0 Å². The van der Waals surface area contributed by atoms with Crippen molar-refractivity contribution >= 4 is 26.7 Å². The van der Waals surface area contributed by atoms with Gasteiger partial charge in [0.2, 0.25) is 5.24 Å². The molecule has 66 valence electrons. The predicted molar refractivity (Wildman–Crippen MR) is 30.7 cm³/mol. The lowest BCUT2D eigenvalue weighted by atomic mass is 10.9. The zero-order valence-corrected chi connectivity index (χ0v) is 6.42. The van der Waals surface area contributed by atoms with Crippen molar-refractivity contribution in [1.82, 2.24) is 0 Å². The molecule has 11 heavy (non-hydrogen) atoms. The molecule has 0 aliphatic carbocycles. The van der Waals surface area contributed by atoms with Crippen molar-refractivity contribution in [2.24, 2.45) is 0 Å². The summed E-state index contributed by atoms with van der Waals surface area (Å²) in [4.78, 5) is 9.79. The maximum Gasteiger partial charge on any atom is 0.497 e. The standard InChI is InChI=1S/C3H2ClF3O3S/c4-2(8)1-11(9,10)3(5,6)7/h1H2. The van der Waals surface area contributed by atoms with Gasteiger partial charge in [-0.15, -0.1) is 0 Å². The molecule has 0 fully saturated rings. The normalized spacial score (nSPS) is 13.1. The molecule has 0 radical (unpaired) electrons. The highest BCUT2D eigenvalue weighted by atomic mass is 35.5. The van der Waals surface area contributed by atoms with E-state index in [-0.39, 0.29) is 0 Å². The monoisotopic (exact) mass is 210 g/mol. The van der Waals surface area contributed by atoms with E-state index < -0.39 is 26.3 Å². The van der Waals surface area contributed by atoms with Crippen LogP contribution in [0.2, 0.25) is 0 Å². The molecule has 8 heteroatoms. The molecule has 0 bridgehead atoms. The second-order valence-electron chi connectivity index (χ2n) is 1.56. The van der Waals surface area contributed by atoms with Gasteiger partial charge in [0, 0.05) is 0 Å². The van der Waals surface area contributed by atoms with Gasteiger partial charge in [-0.05, 0) is 11.6 Å². The molecule has 0 N–H and O–H groups in total. The second-order valence-corrected chi connectivity index (χ2v) is 3.96. The summed E-state index contributed by atoms with van der Waals surface area (Å²) in [6, 6.07) is 0.